The van der Waals surface area contributed by atoms with Gasteiger partial charge in [-0.15, -0.1) is 0 Å². The second-order valence-electron chi connectivity index (χ2n) is 5.59. The van der Waals surface area contributed by atoms with Crippen LogP contribution >= 0.6 is 0 Å². The molecular weight excluding hydrogens is 280 g/mol. The Kier molecular flexibility index (Phi) is 6.67. The van der Waals surface area contributed by atoms with Gasteiger partial charge < -0.3 is 26.0 Å². The topological polar surface area (TPSA) is 90.5 Å². The van der Waals surface area contributed by atoms with E-state index in [9.17, 15) is 0 Å². The zero-order valence-electron chi connectivity index (χ0n) is 13.5. The van der Waals surface area contributed by atoms with Crippen LogP contribution in [0.5, 0.6) is 0 Å². The highest BCUT2D eigenvalue weighted by Crippen LogP contribution is 2.25. The van der Waals surface area contributed by atoms with Crippen molar-refractivity contribution in [1.82, 2.24) is 14.9 Å². The van der Waals surface area contributed by atoms with Gasteiger partial charge in [-0.05, 0) is 32.9 Å². The molecule has 1 aromatic heterocycles. The van der Waals surface area contributed by atoms with E-state index in [2.05, 4.69) is 20.2 Å². The van der Waals surface area contributed by atoms with Crippen molar-refractivity contribution in [2.45, 2.75) is 26.2 Å². The Bertz CT molecular complexity index is 450. The van der Waals surface area contributed by atoms with Crippen LogP contribution in [0.1, 0.15) is 26.2 Å². The van der Waals surface area contributed by atoms with E-state index in [1.54, 1.807) is 0 Å². The van der Waals surface area contributed by atoms with Gasteiger partial charge in [-0.2, -0.15) is 0 Å². The number of aromatic nitrogens is 2. The smallest absolute Gasteiger partial charge is 0.157 e. The van der Waals surface area contributed by atoms with Gasteiger partial charge in [0.2, 0.25) is 0 Å². The Morgan fingerprint density at radius 1 is 1.32 bits per heavy atom. The van der Waals surface area contributed by atoms with E-state index in [-0.39, 0.29) is 6.61 Å². The van der Waals surface area contributed by atoms with Crippen LogP contribution in [0.25, 0.3) is 0 Å². The molecule has 4 N–H and O–H groups in total. The second kappa shape index (κ2) is 8.75. The van der Waals surface area contributed by atoms with Crippen LogP contribution in [0, 0.1) is 0 Å². The molecule has 0 saturated carbocycles. The van der Waals surface area contributed by atoms with Gasteiger partial charge in [0.05, 0.1) is 6.61 Å². The van der Waals surface area contributed by atoms with Crippen molar-refractivity contribution in [1.29, 1.82) is 0 Å². The summed E-state index contributed by atoms with van der Waals surface area (Å²) in [5.74, 6) is 1.37. The quantitative estimate of drug-likeness (QED) is 0.653. The van der Waals surface area contributed by atoms with Gasteiger partial charge in [-0.1, -0.05) is 6.42 Å². The first-order chi connectivity index (χ1) is 10.8. The van der Waals surface area contributed by atoms with E-state index in [0.29, 0.717) is 23.9 Å². The largest absolute Gasteiger partial charge is 0.395 e. The summed E-state index contributed by atoms with van der Waals surface area (Å²) >= 11 is 0. The number of likely N-dealkylation sites (N-methyl/N-ethyl adjacent to an activating group) is 1. The molecule has 124 valence electrons. The summed E-state index contributed by atoms with van der Waals surface area (Å²) in [7, 11) is 0. The van der Waals surface area contributed by atoms with E-state index in [1.807, 2.05) is 11.8 Å². The molecule has 22 heavy (non-hydrogen) atoms. The minimum absolute atomic E-state index is 0.0784. The summed E-state index contributed by atoms with van der Waals surface area (Å²) in [6, 6.07) is 0. The molecule has 1 aliphatic rings. The number of hydrogen-bond donors (Lipinski definition) is 3. The monoisotopic (exact) mass is 308 g/mol. The zero-order chi connectivity index (χ0) is 15.8. The summed E-state index contributed by atoms with van der Waals surface area (Å²) in [5.41, 5.74) is 6.74. The van der Waals surface area contributed by atoms with Crippen molar-refractivity contribution in [2.24, 2.45) is 0 Å². The maximum Gasteiger partial charge on any atom is 0.157 e. The van der Waals surface area contributed by atoms with Gasteiger partial charge in [0.1, 0.15) is 12.0 Å². The normalized spacial score (nSPS) is 15.7. The first-order valence-corrected chi connectivity index (χ1v) is 8.18. The van der Waals surface area contributed by atoms with Gasteiger partial charge in [0, 0.05) is 26.2 Å². The standard InChI is InChI=1S/C15H28N6O/c1-2-21(10-11-22)15-13(16)14(18-12-19-15)17-6-9-20-7-4-3-5-8-20/h12,22H,2-11,16H2,1H3,(H,17,18,19). The Hall–Kier alpha value is -1.60. The van der Waals surface area contributed by atoms with E-state index in [4.69, 9.17) is 10.8 Å². The number of aliphatic hydroxyl groups excluding tert-OH is 1. The Balaban J connectivity index is 1.93. The Morgan fingerprint density at radius 3 is 2.77 bits per heavy atom. The predicted molar refractivity (Wildman–Crippen MR) is 90.2 cm³/mol. The SMILES string of the molecule is CCN(CCO)c1ncnc(NCCN2CCCCC2)c1N. The lowest BCUT2D eigenvalue weighted by Gasteiger charge is -2.27. The van der Waals surface area contributed by atoms with Crippen LogP contribution < -0.4 is 16.0 Å². The van der Waals surface area contributed by atoms with Gasteiger partial charge >= 0.3 is 0 Å². The number of hydrogen-bond acceptors (Lipinski definition) is 7. The second-order valence-corrected chi connectivity index (χ2v) is 5.59. The summed E-state index contributed by atoms with van der Waals surface area (Å²) < 4.78 is 0. The van der Waals surface area contributed by atoms with Crippen molar-refractivity contribution in [3.8, 4) is 0 Å². The molecule has 0 bridgehead atoms. The summed E-state index contributed by atoms with van der Waals surface area (Å²) in [4.78, 5) is 12.9. The lowest BCUT2D eigenvalue weighted by molar-refractivity contribution is 0.237. The van der Waals surface area contributed by atoms with E-state index >= 15 is 0 Å². The molecule has 7 heteroatoms. The molecule has 0 radical (unpaired) electrons. The van der Waals surface area contributed by atoms with Gasteiger partial charge in [0.25, 0.3) is 0 Å². The number of nitrogen functional groups attached to an aromatic ring is 1. The van der Waals surface area contributed by atoms with Crippen molar-refractivity contribution in [3.05, 3.63) is 6.33 Å². The predicted octanol–water partition coefficient (Wildman–Crippen LogP) is 0.775. The third kappa shape index (κ3) is 4.45. The highest BCUT2D eigenvalue weighted by atomic mass is 16.3. The third-order valence-corrected chi connectivity index (χ3v) is 4.08. The number of nitrogens with two attached hydrogens (primary N) is 1. The molecule has 2 rings (SSSR count). The molecule has 0 aliphatic carbocycles. The first-order valence-electron chi connectivity index (χ1n) is 8.18. The molecule has 1 saturated heterocycles. The maximum atomic E-state index is 9.13. The van der Waals surface area contributed by atoms with Crippen LogP contribution in [0.2, 0.25) is 0 Å². The van der Waals surface area contributed by atoms with E-state index in [0.717, 1.165) is 19.6 Å². The molecule has 0 aromatic carbocycles. The lowest BCUT2D eigenvalue weighted by atomic mass is 10.1. The van der Waals surface area contributed by atoms with Crippen molar-refractivity contribution in [2.75, 3.05) is 61.8 Å². The fourth-order valence-corrected chi connectivity index (χ4v) is 2.83. The molecular formula is C15H28N6O. The fraction of sp³-hybridized carbons (Fsp3) is 0.733. The molecule has 1 aliphatic heterocycles. The number of nitrogens with zero attached hydrogens (tertiary/aromatic N) is 4. The average molecular weight is 308 g/mol. The molecule has 0 unspecified atom stereocenters. The van der Waals surface area contributed by atoms with Crippen molar-refractivity contribution >= 4 is 17.3 Å². The molecule has 7 nitrogen and oxygen atoms in total. The lowest BCUT2D eigenvalue weighted by Crippen LogP contribution is -2.34. The van der Waals surface area contributed by atoms with Gasteiger partial charge in [0.15, 0.2) is 11.6 Å². The number of piperidine rings is 1. The van der Waals surface area contributed by atoms with Crippen LogP contribution in [0.3, 0.4) is 0 Å². The molecule has 1 fully saturated rings. The minimum atomic E-state index is 0.0784. The van der Waals surface area contributed by atoms with Gasteiger partial charge in [-0.25, -0.2) is 9.97 Å². The van der Waals surface area contributed by atoms with Crippen LogP contribution in [-0.4, -0.2) is 65.8 Å². The number of anilines is 3. The maximum absolute atomic E-state index is 9.13. The highest BCUT2D eigenvalue weighted by Gasteiger charge is 2.14. The molecule has 0 amide bonds. The zero-order valence-corrected chi connectivity index (χ0v) is 13.5. The van der Waals surface area contributed by atoms with E-state index in [1.165, 1.54) is 38.7 Å². The first kappa shape index (κ1) is 16.8. The van der Waals surface area contributed by atoms with Crippen molar-refractivity contribution < 1.29 is 5.11 Å². The summed E-state index contributed by atoms with van der Waals surface area (Å²) in [6.45, 7) is 7.56. The number of rotatable bonds is 8. The van der Waals surface area contributed by atoms with Crippen LogP contribution in [-0.2, 0) is 0 Å². The third-order valence-electron chi connectivity index (χ3n) is 4.08. The van der Waals surface area contributed by atoms with Crippen molar-refractivity contribution in [3.63, 3.8) is 0 Å². The number of aliphatic hydroxyl groups is 1. The van der Waals surface area contributed by atoms with Crippen LogP contribution in [0.15, 0.2) is 6.33 Å². The molecule has 0 atom stereocenters. The molecule has 2 heterocycles. The van der Waals surface area contributed by atoms with Crippen LogP contribution in [0.4, 0.5) is 17.3 Å². The van der Waals surface area contributed by atoms with Gasteiger partial charge in [-0.3, -0.25) is 0 Å². The Labute approximate surface area is 132 Å². The molecule has 0 spiro atoms. The number of nitrogens with one attached hydrogen (secondary N) is 1. The minimum Gasteiger partial charge on any atom is -0.395 e. The number of likely N-dealkylation sites (tertiary alicyclic amines) is 1. The van der Waals surface area contributed by atoms with E-state index < -0.39 is 0 Å². The highest BCUT2D eigenvalue weighted by molar-refractivity contribution is 5.74. The average Bonchev–Trinajstić information content (AvgIpc) is 2.55. The molecule has 1 aromatic rings. The summed E-state index contributed by atoms with van der Waals surface area (Å²) in [5, 5.41) is 12.4. The summed E-state index contributed by atoms with van der Waals surface area (Å²) in [6.07, 6.45) is 5.47. The fourth-order valence-electron chi connectivity index (χ4n) is 2.83. The Morgan fingerprint density at radius 2 is 2.09 bits per heavy atom.